The van der Waals surface area contributed by atoms with E-state index in [1.54, 1.807) is 33.6 Å². The van der Waals surface area contributed by atoms with E-state index in [4.69, 9.17) is 0 Å². The monoisotopic (exact) mass is 382 g/mol. The Bertz CT molecular complexity index is 850. The summed E-state index contributed by atoms with van der Waals surface area (Å²) < 4.78 is 0. The molecule has 29 heavy (non-hydrogen) atoms. The molecule has 2 nitrogen and oxygen atoms in total. The van der Waals surface area contributed by atoms with E-state index in [2.05, 4.69) is 58.6 Å². The maximum Gasteiger partial charge on any atom is 0.0989 e. The highest BCUT2D eigenvalue weighted by molar-refractivity contribution is 5.72. The van der Waals surface area contributed by atoms with Gasteiger partial charge in [-0.3, -0.25) is 0 Å². The van der Waals surface area contributed by atoms with Gasteiger partial charge in [-0.2, -0.15) is 0 Å². The lowest BCUT2D eigenvalue weighted by molar-refractivity contribution is 0.918. The number of hydrogen-bond donors (Lipinski definition) is 0. The Morgan fingerprint density at radius 1 is 0.483 bits per heavy atom. The Hall–Kier alpha value is -2.22. The molecule has 1 aliphatic heterocycles. The highest BCUT2D eigenvalue weighted by Crippen LogP contribution is 2.54. The van der Waals surface area contributed by atoms with E-state index in [0.717, 1.165) is 30.3 Å². The smallest absolute Gasteiger partial charge is 0.0989 e. The number of benzene rings is 2. The fourth-order valence-corrected chi connectivity index (χ4v) is 5.43. The first kappa shape index (κ1) is 16.6. The van der Waals surface area contributed by atoms with Gasteiger partial charge in [-0.05, 0) is 97.3 Å². The molecule has 0 amide bonds. The number of rotatable bonds is 6. The molecule has 5 aliphatic rings. The lowest BCUT2D eigenvalue weighted by atomic mass is 9.99. The van der Waals surface area contributed by atoms with Crippen LogP contribution in [-0.2, 0) is 0 Å². The summed E-state index contributed by atoms with van der Waals surface area (Å²) in [5.74, 6) is 3.19. The second kappa shape index (κ2) is 6.14. The van der Waals surface area contributed by atoms with Crippen molar-refractivity contribution in [3.05, 3.63) is 71.1 Å². The Morgan fingerprint density at radius 2 is 0.793 bits per heavy atom. The summed E-state index contributed by atoms with van der Waals surface area (Å²) in [5, 5.41) is 0. The SMILES string of the molecule is C1=CN(c2c(C3CC3)cccc2C2CC2)CN1c1c(C2CC2)cccc1C1CC1. The molecule has 2 aromatic carbocycles. The van der Waals surface area contributed by atoms with Crippen LogP contribution in [0.25, 0.3) is 0 Å². The topological polar surface area (TPSA) is 6.48 Å². The minimum absolute atomic E-state index is 0.798. The quantitative estimate of drug-likeness (QED) is 0.533. The number of hydrogen-bond acceptors (Lipinski definition) is 2. The molecule has 4 saturated carbocycles. The van der Waals surface area contributed by atoms with Crippen LogP contribution in [-0.4, -0.2) is 6.67 Å². The third-order valence-corrected chi connectivity index (χ3v) is 7.57. The maximum atomic E-state index is 2.57. The molecule has 2 heteroatoms. The van der Waals surface area contributed by atoms with E-state index >= 15 is 0 Å². The van der Waals surface area contributed by atoms with Gasteiger partial charge in [-0.15, -0.1) is 0 Å². The first-order chi connectivity index (χ1) is 14.4. The van der Waals surface area contributed by atoms with Gasteiger partial charge in [0.2, 0.25) is 0 Å². The van der Waals surface area contributed by atoms with Crippen molar-refractivity contribution in [3.63, 3.8) is 0 Å². The fourth-order valence-electron chi connectivity index (χ4n) is 5.43. The van der Waals surface area contributed by atoms with Crippen molar-refractivity contribution in [2.45, 2.75) is 75.0 Å². The van der Waals surface area contributed by atoms with Crippen molar-refractivity contribution in [2.24, 2.45) is 0 Å². The van der Waals surface area contributed by atoms with Gasteiger partial charge in [0.1, 0.15) is 0 Å². The predicted molar refractivity (Wildman–Crippen MR) is 120 cm³/mol. The minimum atomic E-state index is 0.798. The van der Waals surface area contributed by atoms with Gasteiger partial charge in [-0.25, -0.2) is 0 Å². The molecule has 0 aromatic heterocycles. The molecule has 0 bridgehead atoms. The highest BCUT2D eigenvalue weighted by atomic mass is 15.3. The second-order valence-electron chi connectivity index (χ2n) is 10.0. The van der Waals surface area contributed by atoms with Crippen molar-refractivity contribution in [1.82, 2.24) is 0 Å². The lowest BCUT2D eigenvalue weighted by Gasteiger charge is -2.28. The highest BCUT2D eigenvalue weighted by Gasteiger charge is 2.37. The lowest BCUT2D eigenvalue weighted by Crippen LogP contribution is -2.27. The van der Waals surface area contributed by atoms with E-state index in [1.807, 2.05) is 0 Å². The number of nitrogens with zero attached hydrogens (tertiary/aromatic N) is 2. The normalized spacial score (nSPS) is 23.9. The average molecular weight is 383 g/mol. The van der Waals surface area contributed by atoms with E-state index in [9.17, 15) is 0 Å². The first-order valence-electron chi connectivity index (χ1n) is 11.8. The average Bonchev–Trinajstić information content (AvgIpc) is 3.61. The van der Waals surface area contributed by atoms with Crippen molar-refractivity contribution in [2.75, 3.05) is 16.5 Å². The predicted octanol–water partition coefficient (Wildman–Crippen LogP) is 6.95. The molecule has 1 heterocycles. The van der Waals surface area contributed by atoms with Crippen LogP contribution in [0.5, 0.6) is 0 Å². The van der Waals surface area contributed by atoms with Gasteiger partial charge in [0.05, 0.1) is 6.67 Å². The van der Waals surface area contributed by atoms with E-state index in [-0.39, 0.29) is 0 Å². The summed E-state index contributed by atoms with van der Waals surface area (Å²) in [6.45, 7) is 0.979. The molecule has 0 saturated heterocycles. The molecule has 0 N–H and O–H groups in total. The van der Waals surface area contributed by atoms with E-state index in [0.29, 0.717) is 0 Å². The van der Waals surface area contributed by atoms with Gasteiger partial charge >= 0.3 is 0 Å². The van der Waals surface area contributed by atoms with Crippen LogP contribution < -0.4 is 9.80 Å². The Kier molecular flexibility index (Phi) is 3.51. The molecule has 0 unspecified atom stereocenters. The van der Waals surface area contributed by atoms with Gasteiger partial charge in [0.25, 0.3) is 0 Å². The molecular weight excluding hydrogens is 352 g/mol. The molecule has 4 fully saturated rings. The summed E-state index contributed by atoms with van der Waals surface area (Å²) in [4.78, 5) is 5.14. The zero-order chi connectivity index (χ0) is 18.9. The van der Waals surface area contributed by atoms with Crippen LogP contribution in [0.3, 0.4) is 0 Å². The van der Waals surface area contributed by atoms with Crippen LogP contribution in [0.15, 0.2) is 48.8 Å². The summed E-state index contributed by atoms with van der Waals surface area (Å²) in [6.07, 6.45) is 15.7. The number of anilines is 2. The zero-order valence-electron chi connectivity index (χ0n) is 17.2. The van der Waals surface area contributed by atoms with Gasteiger partial charge in [0.15, 0.2) is 0 Å². The maximum absolute atomic E-state index is 2.57. The van der Waals surface area contributed by atoms with Crippen molar-refractivity contribution in [1.29, 1.82) is 0 Å². The molecule has 0 radical (unpaired) electrons. The van der Waals surface area contributed by atoms with Crippen molar-refractivity contribution in [3.8, 4) is 0 Å². The summed E-state index contributed by atoms with van der Waals surface area (Å²) >= 11 is 0. The zero-order valence-corrected chi connectivity index (χ0v) is 17.2. The van der Waals surface area contributed by atoms with Crippen LogP contribution in [0.4, 0.5) is 11.4 Å². The van der Waals surface area contributed by atoms with Crippen LogP contribution in [0.1, 0.15) is 97.3 Å². The molecule has 2 aromatic rings. The Morgan fingerprint density at radius 3 is 1.07 bits per heavy atom. The molecule has 148 valence electrons. The van der Waals surface area contributed by atoms with Crippen LogP contribution >= 0.6 is 0 Å². The molecule has 7 rings (SSSR count). The van der Waals surface area contributed by atoms with Gasteiger partial charge < -0.3 is 9.80 Å². The summed E-state index contributed by atoms with van der Waals surface area (Å²) in [7, 11) is 0. The standard InChI is InChI=1S/C27H30N2/c1-3-22(18-7-8-18)26(23(4-1)19-9-10-19)28-15-16-29(17-28)27-24(20-11-12-20)5-2-6-25(27)21-13-14-21/h1-6,15-16,18-21H,7-14,17H2. The summed E-state index contributed by atoms with van der Waals surface area (Å²) in [5.41, 5.74) is 9.54. The molecule has 0 atom stereocenters. The summed E-state index contributed by atoms with van der Waals surface area (Å²) in [6, 6.07) is 14.3. The fraction of sp³-hybridized carbons (Fsp3) is 0.481. The third-order valence-electron chi connectivity index (χ3n) is 7.57. The number of para-hydroxylation sites is 2. The third kappa shape index (κ3) is 2.91. The van der Waals surface area contributed by atoms with Gasteiger partial charge in [-0.1, -0.05) is 36.4 Å². The van der Waals surface area contributed by atoms with Crippen molar-refractivity contribution >= 4 is 11.4 Å². The Balaban J connectivity index is 1.27. The van der Waals surface area contributed by atoms with Crippen LogP contribution in [0, 0.1) is 0 Å². The van der Waals surface area contributed by atoms with Gasteiger partial charge in [0, 0.05) is 23.8 Å². The second-order valence-corrected chi connectivity index (χ2v) is 10.0. The van der Waals surface area contributed by atoms with E-state index in [1.165, 1.54) is 51.4 Å². The van der Waals surface area contributed by atoms with Crippen LogP contribution in [0.2, 0.25) is 0 Å². The van der Waals surface area contributed by atoms with E-state index < -0.39 is 0 Å². The molecular formula is C27H30N2. The minimum Gasteiger partial charge on any atom is -0.327 e. The molecule has 0 spiro atoms. The van der Waals surface area contributed by atoms with Crippen molar-refractivity contribution < 1.29 is 0 Å². The molecule has 4 aliphatic carbocycles. The first-order valence-corrected chi connectivity index (χ1v) is 11.8. The largest absolute Gasteiger partial charge is 0.327 e. The Labute approximate surface area is 174 Å².